The van der Waals surface area contributed by atoms with E-state index in [9.17, 15) is 9.59 Å². The van der Waals surface area contributed by atoms with Crippen molar-refractivity contribution in [3.63, 3.8) is 0 Å². The van der Waals surface area contributed by atoms with Gasteiger partial charge in [0.15, 0.2) is 0 Å². The van der Waals surface area contributed by atoms with Gasteiger partial charge in [-0.2, -0.15) is 0 Å². The topological polar surface area (TPSA) is 92.9 Å². The summed E-state index contributed by atoms with van der Waals surface area (Å²) in [6.07, 6.45) is 0.531. The Balaban J connectivity index is 1.83. The van der Waals surface area contributed by atoms with Gasteiger partial charge in [-0.1, -0.05) is 36.4 Å². The standard InChI is InChI=1S/C23H26N2O4/c1-23(2,24)17-9-11-18(12-10-17)25-14-19(29-3)21(22(25)28)16-7-4-15(5-8-16)6-13-20(26)27/h4-5,7-12H,6,13-14,24H2,1-3H3,(H,26,27). The van der Waals surface area contributed by atoms with Crippen molar-refractivity contribution < 1.29 is 19.4 Å². The van der Waals surface area contributed by atoms with Crippen molar-refractivity contribution in [1.29, 1.82) is 0 Å². The third kappa shape index (κ3) is 4.49. The minimum atomic E-state index is -0.830. The van der Waals surface area contributed by atoms with Crippen LogP contribution in [-0.2, 0) is 26.3 Å². The Morgan fingerprint density at radius 3 is 2.28 bits per heavy atom. The molecular weight excluding hydrogens is 368 g/mol. The summed E-state index contributed by atoms with van der Waals surface area (Å²) in [6.45, 7) is 4.23. The molecule has 3 N–H and O–H groups in total. The van der Waals surface area contributed by atoms with Crippen molar-refractivity contribution in [2.45, 2.75) is 32.2 Å². The Morgan fingerprint density at radius 1 is 1.14 bits per heavy atom. The normalized spacial score (nSPS) is 14.5. The van der Waals surface area contributed by atoms with Crippen LogP contribution in [0.4, 0.5) is 5.69 Å². The fourth-order valence-corrected chi connectivity index (χ4v) is 3.37. The highest BCUT2D eigenvalue weighted by atomic mass is 16.5. The van der Waals surface area contributed by atoms with Gasteiger partial charge >= 0.3 is 5.97 Å². The average Bonchev–Trinajstić information content (AvgIpc) is 3.02. The molecule has 3 rings (SSSR count). The number of ether oxygens (including phenoxy) is 1. The molecular formula is C23H26N2O4. The minimum Gasteiger partial charge on any atom is -0.498 e. The smallest absolute Gasteiger partial charge is 0.303 e. The fraction of sp³-hybridized carbons (Fsp3) is 0.304. The summed E-state index contributed by atoms with van der Waals surface area (Å²) >= 11 is 0. The first-order valence-corrected chi connectivity index (χ1v) is 9.50. The van der Waals surface area contributed by atoms with Gasteiger partial charge in [0.2, 0.25) is 0 Å². The first-order valence-electron chi connectivity index (χ1n) is 9.50. The molecule has 1 heterocycles. The van der Waals surface area contributed by atoms with Crippen molar-refractivity contribution in [1.82, 2.24) is 0 Å². The van der Waals surface area contributed by atoms with Gasteiger partial charge in [0.05, 0.1) is 19.2 Å². The summed E-state index contributed by atoms with van der Waals surface area (Å²) in [5.74, 6) is -0.347. The lowest BCUT2D eigenvalue weighted by molar-refractivity contribution is -0.137. The molecule has 0 fully saturated rings. The lowest BCUT2D eigenvalue weighted by atomic mass is 9.95. The maximum absolute atomic E-state index is 13.1. The van der Waals surface area contributed by atoms with Crippen LogP contribution in [0.2, 0.25) is 0 Å². The fourth-order valence-electron chi connectivity index (χ4n) is 3.37. The highest BCUT2D eigenvalue weighted by Gasteiger charge is 2.33. The summed E-state index contributed by atoms with van der Waals surface area (Å²) in [5, 5.41) is 8.82. The van der Waals surface area contributed by atoms with E-state index in [1.165, 1.54) is 0 Å². The number of anilines is 1. The first-order chi connectivity index (χ1) is 13.7. The van der Waals surface area contributed by atoms with Crippen molar-refractivity contribution in [2.75, 3.05) is 18.6 Å². The van der Waals surface area contributed by atoms with Gasteiger partial charge < -0.3 is 20.5 Å². The van der Waals surface area contributed by atoms with E-state index >= 15 is 0 Å². The molecule has 0 bridgehead atoms. The van der Waals surface area contributed by atoms with E-state index in [0.29, 0.717) is 24.3 Å². The number of hydrogen-bond acceptors (Lipinski definition) is 4. The first kappa shape index (κ1) is 20.6. The number of methoxy groups -OCH3 is 1. The summed E-state index contributed by atoms with van der Waals surface area (Å²) in [6, 6.07) is 15.0. The number of aliphatic carboxylic acids is 1. The van der Waals surface area contributed by atoms with Crippen LogP contribution < -0.4 is 10.6 Å². The zero-order valence-electron chi connectivity index (χ0n) is 16.9. The molecule has 0 atom stereocenters. The monoisotopic (exact) mass is 394 g/mol. The predicted octanol–water partition coefficient (Wildman–Crippen LogP) is 3.30. The Hall–Kier alpha value is -3.12. The molecule has 0 aliphatic carbocycles. The third-order valence-electron chi connectivity index (χ3n) is 5.08. The molecule has 0 saturated heterocycles. The second kappa shape index (κ2) is 8.09. The maximum Gasteiger partial charge on any atom is 0.303 e. The van der Waals surface area contributed by atoms with E-state index in [1.807, 2.05) is 62.4 Å². The minimum absolute atomic E-state index is 0.0771. The predicted molar refractivity (Wildman–Crippen MR) is 112 cm³/mol. The second-order valence-electron chi connectivity index (χ2n) is 7.75. The molecule has 0 unspecified atom stereocenters. The maximum atomic E-state index is 13.1. The van der Waals surface area contributed by atoms with Crippen molar-refractivity contribution in [2.24, 2.45) is 5.73 Å². The highest BCUT2D eigenvalue weighted by molar-refractivity contribution is 6.29. The van der Waals surface area contributed by atoms with Crippen LogP contribution in [0, 0.1) is 0 Å². The quantitative estimate of drug-likeness (QED) is 0.752. The number of benzene rings is 2. The lowest BCUT2D eigenvalue weighted by Gasteiger charge is -2.21. The summed E-state index contributed by atoms with van der Waals surface area (Å²) in [7, 11) is 1.56. The van der Waals surface area contributed by atoms with E-state index in [-0.39, 0.29) is 12.3 Å². The van der Waals surface area contributed by atoms with E-state index in [4.69, 9.17) is 15.6 Å². The molecule has 1 amide bonds. The highest BCUT2D eigenvalue weighted by Crippen LogP contribution is 2.33. The number of aryl methyl sites for hydroxylation is 1. The molecule has 6 nitrogen and oxygen atoms in total. The SMILES string of the molecule is COC1=C(c2ccc(CCC(=O)O)cc2)C(=O)N(c2ccc(C(C)(C)N)cc2)C1. The van der Waals surface area contributed by atoms with Crippen LogP contribution in [-0.4, -0.2) is 30.6 Å². The molecule has 29 heavy (non-hydrogen) atoms. The Labute approximate surface area is 170 Å². The van der Waals surface area contributed by atoms with Crippen LogP contribution >= 0.6 is 0 Å². The van der Waals surface area contributed by atoms with Gasteiger partial charge in [0.25, 0.3) is 5.91 Å². The Bertz CT molecular complexity index is 938. The zero-order valence-corrected chi connectivity index (χ0v) is 16.9. The van der Waals surface area contributed by atoms with Crippen LogP contribution in [0.15, 0.2) is 54.3 Å². The number of amides is 1. The number of carboxylic acid groups (broad SMARTS) is 1. The van der Waals surface area contributed by atoms with Gasteiger partial charge in [-0.15, -0.1) is 0 Å². The number of nitrogens with two attached hydrogens (primary N) is 1. The summed E-state index contributed by atoms with van der Waals surface area (Å²) in [4.78, 5) is 25.6. The van der Waals surface area contributed by atoms with E-state index < -0.39 is 11.5 Å². The van der Waals surface area contributed by atoms with Gasteiger partial charge in [-0.3, -0.25) is 9.59 Å². The number of rotatable bonds is 7. The van der Waals surface area contributed by atoms with Gasteiger partial charge in [0.1, 0.15) is 5.76 Å². The molecule has 1 aliphatic heterocycles. The number of nitrogens with zero attached hydrogens (tertiary/aromatic N) is 1. The van der Waals surface area contributed by atoms with Crippen molar-refractivity contribution in [3.05, 3.63) is 71.0 Å². The van der Waals surface area contributed by atoms with Crippen LogP contribution in [0.3, 0.4) is 0 Å². The Kier molecular flexibility index (Phi) is 5.75. The second-order valence-corrected chi connectivity index (χ2v) is 7.75. The average molecular weight is 394 g/mol. The van der Waals surface area contributed by atoms with Gasteiger partial charge in [-0.25, -0.2) is 0 Å². The van der Waals surface area contributed by atoms with Crippen molar-refractivity contribution in [3.8, 4) is 0 Å². The third-order valence-corrected chi connectivity index (χ3v) is 5.08. The number of carboxylic acids is 1. The lowest BCUT2D eigenvalue weighted by Crippen LogP contribution is -2.29. The number of hydrogen-bond donors (Lipinski definition) is 2. The molecule has 1 aliphatic rings. The van der Waals surface area contributed by atoms with E-state index in [0.717, 1.165) is 22.4 Å². The molecule has 0 radical (unpaired) electrons. The number of carbonyl (C=O) groups is 2. The van der Waals surface area contributed by atoms with E-state index in [2.05, 4.69) is 0 Å². The molecule has 0 spiro atoms. The van der Waals surface area contributed by atoms with Crippen LogP contribution in [0.25, 0.3) is 5.57 Å². The van der Waals surface area contributed by atoms with Crippen molar-refractivity contribution >= 4 is 23.1 Å². The molecule has 2 aromatic carbocycles. The summed E-state index contributed by atoms with van der Waals surface area (Å²) in [5.41, 5.74) is 9.67. The van der Waals surface area contributed by atoms with Gasteiger partial charge in [0, 0.05) is 17.6 Å². The molecule has 0 aromatic heterocycles. The molecule has 6 heteroatoms. The number of carbonyl (C=O) groups excluding carboxylic acids is 1. The van der Waals surface area contributed by atoms with Crippen LogP contribution in [0.1, 0.15) is 37.0 Å². The molecule has 152 valence electrons. The zero-order chi connectivity index (χ0) is 21.2. The largest absolute Gasteiger partial charge is 0.498 e. The Morgan fingerprint density at radius 2 is 1.76 bits per heavy atom. The molecule has 0 saturated carbocycles. The van der Waals surface area contributed by atoms with Crippen LogP contribution in [0.5, 0.6) is 0 Å². The summed E-state index contributed by atoms with van der Waals surface area (Å²) < 4.78 is 5.51. The van der Waals surface area contributed by atoms with E-state index in [1.54, 1.807) is 12.0 Å². The van der Waals surface area contributed by atoms with Gasteiger partial charge in [-0.05, 0) is 49.1 Å². The molecule has 2 aromatic rings.